The molecule has 3 N–H and O–H groups in total. The number of ether oxygens (including phenoxy) is 7. The molecule has 2 unspecified atom stereocenters. The summed E-state index contributed by atoms with van der Waals surface area (Å²) in [6.45, 7) is 25.0. The normalized spacial score (nSPS) is 37.2. The number of hydrogen-bond acceptors (Lipinski definition) is 17. The van der Waals surface area contributed by atoms with E-state index in [4.69, 9.17) is 33.2 Å². The number of nitrogens with zero attached hydrogens (tertiary/aromatic N) is 1. The van der Waals surface area contributed by atoms with Gasteiger partial charge in [0.05, 0.1) is 6.61 Å². The molecule has 19 nitrogen and oxygen atoms in total. The van der Waals surface area contributed by atoms with Gasteiger partial charge in [-0.15, -0.1) is 0 Å². The number of amides is 2. The molecule has 6 rings (SSSR count). The van der Waals surface area contributed by atoms with Crippen molar-refractivity contribution in [2.75, 3.05) is 13.2 Å². The van der Waals surface area contributed by atoms with Gasteiger partial charge in [-0.1, -0.05) is 54.9 Å². The molecule has 2 amide bonds. The number of carbonyl (C=O) groups is 8. The first-order chi connectivity index (χ1) is 35.7. The van der Waals surface area contributed by atoms with E-state index in [2.05, 4.69) is 64.1 Å². The summed E-state index contributed by atoms with van der Waals surface area (Å²) >= 11 is 0. The summed E-state index contributed by atoms with van der Waals surface area (Å²) in [5, 5.41) is 17.4. The fourth-order valence-electron chi connectivity index (χ4n) is 17.5. The number of nitrogens with one attached hydrogen (secondary N) is 2. The van der Waals surface area contributed by atoms with E-state index in [1.807, 2.05) is 0 Å². The molecule has 0 radical (unpaired) electrons. The molecule has 6 fully saturated rings. The van der Waals surface area contributed by atoms with Crippen molar-refractivity contribution in [3.63, 3.8) is 0 Å². The molecule has 19 heteroatoms. The van der Waals surface area contributed by atoms with Crippen molar-refractivity contribution in [2.24, 2.45) is 67.6 Å². The van der Waals surface area contributed by atoms with Gasteiger partial charge in [0.15, 0.2) is 30.0 Å². The third-order valence-electron chi connectivity index (χ3n) is 20.4. The van der Waals surface area contributed by atoms with Gasteiger partial charge < -0.3 is 38.3 Å². The second-order valence-corrected chi connectivity index (χ2v) is 25.7. The maximum Gasteiger partial charge on any atom is 0.303 e. The molecule has 0 aromatic rings. The number of aliphatic imine (C=N–C) groups is 1. The van der Waals surface area contributed by atoms with Crippen LogP contribution in [-0.4, -0.2) is 120 Å². The maximum absolute atomic E-state index is 13.1. The van der Waals surface area contributed by atoms with Crippen LogP contribution in [-0.2, 0) is 71.5 Å². The predicted molar refractivity (Wildman–Crippen MR) is 281 cm³/mol. The van der Waals surface area contributed by atoms with Crippen molar-refractivity contribution < 1.29 is 76.6 Å². The second kappa shape index (κ2) is 23.6. The predicted octanol–water partition coefficient (Wildman–Crippen LogP) is 7.24. The molecule has 77 heavy (non-hydrogen) atoms. The van der Waals surface area contributed by atoms with E-state index in [1.165, 1.54) is 58.3 Å². The second-order valence-electron chi connectivity index (χ2n) is 25.7. The first-order valence-corrected chi connectivity index (χ1v) is 28.2. The average molecular weight is 1090 g/mol. The minimum absolute atomic E-state index is 0.155. The highest BCUT2D eigenvalue weighted by Gasteiger charge is 2.71. The average Bonchev–Trinajstić information content (AvgIpc) is 3.92. The van der Waals surface area contributed by atoms with Gasteiger partial charge in [-0.05, 0) is 140 Å². The van der Waals surface area contributed by atoms with Crippen molar-refractivity contribution >= 4 is 53.6 Å². The van der Waals surface area contributed by atoms with Crippen LogP contribution in [0.2, 0.25) is 0 Å². The van der Waals surface area contributed by atoms with Crippen molar-refractivity contribution in [2.45, 2.75) is 236 Å². The number of rotatable bonds is 17. The zero-order chi connectivity index (χ0) is 57.4. The molecular weight excluding hydrogens is 995 g/mol. The highest BCUT2D eigenvalue weighted by Crippen LogP contribution is 2.78. The molecule has 0 heterocycles. The number of fused-ring (bicyclic) bond motifs is 7. The van der Waals surface area contributed by atoms with Gasteiger partial charge >= 0.3 is 35.8 Å². The minimum Gasteiger partial charge on any atom is -0.463 e. The maximum atomic E-state index is 13.1. The van der Waals surface area contributed by atoms with Crippen LogP contribution in [0.15, 0.2) is 4.99 Å². The number of aliphatic hydroxyl groups is 1. The van der Waals surface area contributed by atoms with E-state index < -0.39 is 115 Å². The van der Waals surface area contributed by atoms with Crippen LogP contribution in [0.1, 0.15) is 187 Å². The lowest BCUT2D eigenvalue weighted by Gasteiger charge is -2.73. The lowest BCUT2D eigenvalue weighted by Crippen LogP contribution is -2.65. The molecule has 0 bridgehead atoms. The van der Waals surface area contributed by atoms with Gasteiger partial charge in [-0.25, -0.2) is 4.99 Å². The highest BCUT2D eigenvalue weighted by atomic mass is 16.6. The van der Waals surface area contributed by atoms with E-state index >= 15 is 0 Å². The summed E-state index contributed by atoms with van der Waals surface area (Å²) in [7, 11) is 0. The fourth-order valence-corrected chi connectivity index (χ4v) is 17.5. The first-order valence-electron chi connectivity index (χ1n) is 28.2. The Kier molecular flexibility index (Phi) is 18.9. The lowest BCUT2D eigenvalue weighted by molar-refractivity contribution is -0.241. The van der Waals surface area contributed by atoms with E-state index in [1.54, 1.807) is 0 Å². The van der Waals surface area contributed by atoms with Crippen LogP contribution in [0.4, 0.5) is 0 Å². The van der Waals surface area contributed by atoms with Crippen molar-refractivity contribution in [3.05, 3.63) is 0 Å². The zero-order valence-electron chi connectivity index (χ0n) is 48.6. The van der Waals surface area contributed by atoms with Gasteiger partial charge in [-0.2, -0.15) is 0 Å². The molecule has 18 atom stereocenters. The van der Waals surface area contributed by atoms with Gasteiger partial charge in [0.1, 0.15) is 24.9 Å². The lowest BCUT2D eigenvalue weighted by atomic mass is 9.32. The van der Waals surface area contributed by atoms with E-state index in [0.29, 0.717) is 40.9 Å². The fraction of sp³-hybridized carbons (Fsp3) is 0.845. The molecule has 6 aliphatic rings. The van der Waals surface area contributed by atoms with Gasteiger partial charge in [-0.3, -0.25) is 49.0 Å². The van der Waals surface area contributed by atoms with Gasteiger partial charge in [0, 0.05) is 55.4 Å². The standard InChI is InChI=1S/C58H91N3O16/c1-31(40-21-26-54(12)41(40)22-27-56(14)45(54)19-20-46-55(13)25-16-24-53(10,11)44(55)23-28-57(46,56)15)17-18-42(73-35(5)65)48(75-37(7)67)43(74-36(6)66)29-71-50-47(61-52(59-32(2)62)60-33(3)63)49(76-38(8)68)51(77-39(9)69)58(50,70)30-72-34(4)64/h31,40-51,70H,16-30H2,1-15H3,(H2,59,60,61,62,63)/t31?,40-,41+,42-,43+,44+,45-,46-,47-,48-,49-,50?,51+,54+,55+,56-,57-,58-/m1/s1. The molecule has 0 spiro atoms. The summed E-state index contributed by atoms with van der Waals surface area (Å²) in [5.41, 5.74) is -1.24. The quantitative estimate of drug-likeness (QED) is 0.0561. The molecule has 6 aliphatic carbocycles. The van der Waals surface area contributed by atoms with Crippen LogP contribution >= 0.6 is 0 Å². The van der Waals surface area contributed by atoms with Gasteiger partial charge in [0.2, 0.25) is 17.8 Å². The Morgan fingerprint density at radius 3 is 1.69 bits per heavy atom. The summed E-state index contributed by atoms with van der Waals surface area (Å²) in [5.74, 6) is -3.89. The van der Waals surface area contributed by atoms with E-state index in [-0.39, 0.29) is 28.6 Å². The van der Waals surface area contributed by atoms with Gasteiger partial charge in [0.25, 0.3) is 0 Å². The molecular formula is C58H91N3O16. The SMILES string of the molecule is CC(=O)NC(=N[C@H]1C(OC[C@H](OC(C)=O)[C@H](OC(C)=O)[C@@H](CCC(C)[C@H]2CC[C@]3(C)[C@H]4CC[C@@H]5[C@@]6(C)CCCC(C)(C)[C@@H]6CC[C@@]5(C)[C@]4(C)CC[C@@H]23)OC(C)=O)[C@](O)(COC(C)=O)[C@@H](OC(C)=O)[C@@H]1OC(C)=O)NC(C)=O. The van der Waals surface area contributed by atoms with Crippen LogP contribution in [0, 0.1) is 62.6 Å². The third-order valence-corrected chi connectivity index (χ3v) is 20.4. The molecule has 0 aliphatic heterocycles. The Morgan fingerprint density at radius 1 is 0.584 bits per heavy atom. The van der Waals surface area contributed by atoms with Crippen molar-refractivity contribution in [1.82, 2.24) is 10.6 Å². The number of esters is 6. The smallest absolute Gasteiger partial charge is 0.303 e. The largest absolute Gasteiger partial charge is 0.463 e. The van der Waals surface area contributed by atoms with Crippen molar-refractivity contribution in [1.29, 1.82) is 0 Å². The molecule has 0 aromatic heterocycles. The minimum atomic E-state index is -2.61. The molecule has 6 saturated carbocycles. The Labute approximate surface area is 455 Å². The molecule has 0 aromatic carbocycles. The summed E-state index contributed by atoms with van der Waals surface area (Å²) in [4.78, 5) is 106. The van der Waals surface area contributed by atoms with Crippen LogP contribution in [0.5, 0.6) is 0 Å². The Morgan fingerprint density at radius 2 is 1.14 bits per heavy atom. The van der Waals surface area contributed by atoms with Crippen LogP contribution < -0.4 is 10.6 Å². The number of guanidine groups is 1. The Hall–Kier alpha value is -4.65. The van der Waals surface area contributed by atoms with Crippen LogP contribution in [0.3, 0.4) is 0 Å². The zero-order valence-corrected chi connectivity index (χ0v) is 48.6. The Balaban J connectivity index is 1.29. The van der Waals surface area contributed by atoms with E-state index in [9.17, 15) is 43.5 Å². The number of hydrogen-bond donors (Lipinski definition) is 3. The first kappa shape index (κ1) is 61.6. The summed E-state index contributed by atoms with van der Waals surface area (Å²) in [6, 6.07) is -1.68. The summed E-state index contributed by atoms with van der Waals surface area (Å²) in [6.07, 6.45) is 4.71. The topological polar surface area (TPSA) is 258 Å². The molecule has 0 saturated heterocycles. The van der Waals surface area contributed by atoms with Crippen molar-refractivity contribution in [3.8, 4) is 0 Å². The van der Waals surface area contributed by atoms with Crippen LogP contribution in [0.25, 0.3) is 0 Å². The third kappa shape index (κ3) is 12.6. The monoisotopic (exact) mass is 1090 g/mol. The summed E-state index contributed by atoms with van der Waals surface area (Å²) < 4.78 is 40.6. The van der Waals surface area contributed by atoms with E-state index in [0.717, 1.165) is 73.6 Å². The molecule has 434 valence electrons. The Bertz CT molecular complexity index is 2270. The number of carbonyl (C=O) groups excluding carboxylic acids is 8. The highest BCUT2D eigenvalue weighted by molar-refractivity contribution is 6.03.